The topological polar surface area (TPSA) is 167 Å². The summed E-state index contributed by atoms with van der Waals surface area (Å²) in [5.41, 5.74) is 0.705. The van der Waals surface area contributed by atoms with Crippen LogP contribution in [0.25, 0.3) is 0 Å². The highest BCUT2D eigenvalue weighted by atomic mass is 16.6. The highest BCUT2D eigenvalue weighted by Crippen LogP contribution is 2.36. The average molecular weight is 485 g/mol. The predicted octanol–water partition coefficient (Wildman–Crippen LogP) is 2.57. The molecule has 1 aliphatic rings. The molecule has 0 spiro atoms. The molecule has 1 aromatic heterocycles. The number of aromatic nitrogens is 2. The van der Waals surface area contributed by atoms with Crippen LogP contribution in [0.2, 0.25) is 0 Å². The summed E-state index contributed by atoms with van der Waals surface area (Å²) >= 11 is 0. The van der Waals surface area contributed by atoms with Gasteiger partial charge in [0.15, 0.2) is 18.7 Å². The van der Waals surface area contributed by atoms with Crippen molar-refractivity contribution < 1.29 is 33.7 Å². The molecule has 1 aliphatic carbocycles. The SMILES string of the molecule is CCN(CC#N)C(=O)OC1CCC(c2cc(NC(=O)COc3cc(OC)cc(O)c3C=O)n[nH]2)C1. The van der Waals surface area contributed by atoms with Crippen LogP contribution >= 0.6 is 0 Å². The van der Waals surface area contributed by atoms with Crippen LogP contribution in [-0.2, 0) is 9.53 Å². The molecule has 3 rings (SSSR count). The normalized spacial score (nSPS) is 16.7. The number of aromatic amines is 1. The molecule has 2 amide bonds. The van der Waals surface area contributed by atoms with Crippen molar-refractivity contribution in [1.29, 1.82) is 5.26 Å². The Bertz CT molecular complexity index is 1110. The molecule has 1 heterocycles. The summed E-state index contributed by atoms with van der Waals surface area (Å²) in [5, 5.41) is 28.3. The number of methoxy groups -OCH3 is 1. The lowest BCUT2D eigenvalue weighted by molar-refractivity contribution is -0.118. The molecule has 2 unspecified atom stereocenters. The summed E-state index contributed by atoms with van der Waals surface area (Å²) < 4.78 is 15.9. The number of phenolic OH excluding ortho intramolecular Hbond substituents is 1. The van der Waals surface area contributed by atoms with E-state index in [4.69, 9.17) is 19.5 Å². The number of nitrogens with zero attached hydrogens (tertiary/aromatic N) is 3. The molecule has 0 bridgehead atoms. The average Bonchev–Trinajstić information content (AvgIpc) is 3.50. The Morgan fingerprint density at radius 3 is 2.86 bits per heavy atom. The monoisotopic (exact) mass is 485 g/mol. The van der Waals surface area contributed by atoms with E-state index in [-0.39, 0.29) is 41.4 Å². The molecule has 12 heteroatoms. The third-order valence-electron chi connectivity index (χ3n) is 5.66. The number of carbonyl (C=O) groups excluding carboxylic acids is 3. The summed E-state index contributed by atoms with van der Waals surface area (Å²) in [5.74, 6) is -0.184. The van der Waals surface area contributed by atoms with Gasteiger partial charge in [0.25, 0.3) is 5.91 Å². The van der Waals surface area contributed by atoms with Gasteiger partial charge in [0, 0.05) is 36.4 Å². The number of nitriles is 1. The van der Waals surface area contributed by atoms with Crippen LogP contribution in [0.1, 0.15) is 48.2 Å². The van der Waals surface area contributed by atoms with E-state index in [1.54, 1.807) is 13.0 Å². The fourth-order valence-corrected chi connectivity index (χ4v) is 3.81. The molecule has 0 aliphatic heterocycles. The van der Waals surface area contributed by atoms with Crippen molar-refractivity contribution in [3.8, 4) is 23.3 Å². The predicted molar refractivity (Wildman–Crippen MR) is 122 cm³/mol. The van der Waals surface area contributed by atoms with Crippen molar-refractivity contribution in [1.82, 2.24) is 15.1 Å². The van der Waals surface area contributed by atoms with Gasteiger partial charge in [0.1, 0.15) is 29.9 Å². The zero-order chi connectivity index (χ0) is 25.4. The van der Waals surface area contributed by atoms with E-state index in [2.05, 4.69) is 15.5 Å². The Kier molecular flexibility index (Phi) is 8.50. The second-order valence-corrected chi connectivity index (χ2v) is 7.91. The van der Waals surface area contributed by atoms with E-state index in [0.29, 0.717) is 31.5 Å². The van der Waals surface area contributed by atoms with Crippen LogP contribution in [0.15, 0.2) is 18.2 Å². The smallest absolute Gasteiger partial charge is 0.410 e. The highest BCUT2D eigenvalue weighted by molar-refractivity contribution is 5.91. The zero-order valence-corrected chi connectivity index (χ0v) is 19.4. The molecular weight excluding hydrogens is 458 g/mol. The number of carbonyl (C=O) groups is 3. The van der Waals surface area contributed by atoms with Gasteiger partial charge in [-0.2, -0.15) is 10.4 Å². The van der Waals surface area contributed by atoms with Gasteiger partial charge < -0.3 is 24.6 Å². The number of hydrogen-bond acceptors (Lipinski definition) is 9. The maximum Gasteiger partial charge on any atom is 0.410 e. The Balaban J connectivity index is 1.52. The van der Waals surface area contributed by atoms with Crippen molar-refractivity contribution >= 4 is 24.1 Å². The number of aromatic hydroxyl groups is 1. The number of benzene rings is 1. The molecule has 3 N–H and O–H groups in total. The fraction of sp³-hybridized carbons (Fsp3) is 0.435. The van der Waals surface area contributed by atoms with Crippen molar-refractivity contribution in [2.75, 3.05) is 32.1 Å². The van der Waals surface area contributed by atoms with Crippen LogP contribution in [0.5, 0.6) is 17.2 Å². The number of aldehydes is 1. The summed E-state index contributed by atoms with van der Waals surface area (Å²) in [6.07, 6.45) is 1.72. The zero-order valence-electron chi connectivity index (χ0n) is 19.4. The Hall–Kier alpha value is -4.27. The van der Waals surface area contributed by atoms with E-state index >= 15 is 0 Å². The first-order chi connectivity index (χ1) is 16.9. The van der Waals surface area contributed by atoms with Gasteiger partial charge in [-0.3, -0.25) is 19.6 Å². The number of hydrogen-bond donors (Lipinski definition) is 3. The maximum atomic E-state index is 12.3. The van der Waals surface area contributed by atoms with E-state index in [0.717, 1.165) is 12.1 Å². The van der Waals surface area contributed by atoms with Crippen LogP contribution in [-0.4, -0.2) is 71.4 Å². The van der Waals surface area contributed by atoms with Crippen LogP contribution in [0.4, 0.5) is 10.6 Å². The molecular formula is C23H27N5O7. The Labute approximate surface area is 201 Å². The van der Waals surface area contributed by atoms with Gasteiger partial charge >= 0.3 is 6.09 Å². The van der Waals surface area contributed by atoms with E-state index in [9.17, 15) is 19.5 Å². The van der Waals surface area contributed by atoms with Crippen LogP contribution in [0.3, 0.4) is 0 Å². The number of amides is 2. The molecule has 35 heavy (non-hydrogen) atoms. The first kappa shape index (κ1) is 25.4. The van der Waals surface area contributed by atoms with Gasteiger partial charge in [0.2, 0.25) is 0 Å². The Morgan fingerprint density at radius 2 is 2.17 bits per heavy atom. The molecule has 12 nitrogen and oxygen atoms in total. The van der Waals surface area contributed by atoms with Gasteiger partial charge in [-0.05, 0) is 26.2 Å². The quantitative estimate of drug-likeness (QED) is 0.338. The number of phenols is 1. The molecule has 186 valence electrons. The molecule has 0 radical (unpaired) electrons. The number of H-pyrrole nitrogens is 1. The number of anilines is 1. The molecule has 1 aromatic carbocycles. The molecule has 0 saturated heterocycles. The summed E-state index contributed by atoms with van der Waals surface area (Å²) in [7, 11) is 1.40. The minimum Gasteiger partial charge on any atom is -0.507 e. The molecule has 2 aromatic rings. The van der Waals surface area contributed by atoms with E-state index in [1.807, 2.05) is 6.07 Å². The van der Waals surface area contributed by atoms with Gasteiger partial charge in [-0.25, -0.2) is 4.79 Å². The van der Waals surface area contributed by atoms with E-state index < -0.39 is 18.6 Å². The lowest BCUT2D eigenvalue weighted by atomic mass is 10.0. The summed E-state index contributed by atoms with van der Waals surface area (Å²) in [4.78, 5) is 37.1. The largest absolute Gasteiger partial charge is 0.507 e. The second-order valence-electron chi connectivity index (χ2n) is 7.91. The highest BCUT2D eigenvalue weighted by Gasteiger charge is 2.31. The Morgan fingerprint density at radius 1 is 1.37 bits per heavy atom. The summed E-state index contributed by atoms with van der Waals surface area (Å²) in [6.45, 7) is 1.73. The molecule has 1 fully saturated rings. The van der Waals surface area contributed by atoms with Crippen LogP contribution < -0.4 is 14.8 Å². The first-order valence-electron chi connectivity index (χ1n) is 11.0. The number of nitrogens with one attached hydrogen (secondary N) is 2. The lowest BCUT2D eigenvalue weighted by Crippen LogP contribution is -2.34. The van der Waals surface area contributed by atoms with Gasteiger partial charge in [0.05, 0.1) is 18.7 Å². The van der Waals surface area contributed by atoms with Gasteiger partial charge in [-0.1, -0.05) is 0 Å². The third kappa shape index (κ3) is 6.41. The molecule has 1 saturated carbocycles. The maximum absolute atomic E-state index is 12.3. The van der Waals surface area contributed by atoms with Crippen LogP contribution in [0, 0.1) is 11.3 Å². The van der Waals surface area contributed by atoms with Crippen molar-refractivity contribution in [2.24, 2.45) is 0 Å². The minimum atomic E-state index is -0.516. The lowest BCUT2D eigenvalue weighted by Gasteiger charge is -2.20. The third-order valence-corrected chi connectivity index (χ3v) is 5.66. The standard InChI is InChI=1S/C23H27N5O7/c1-3-28(7-6-24)23(32)35-15-5-4-14(8-15)18-11-21(27-26-18)25-22(31)13-34-20-10-16(33-2)9-19(30)17(20)12-29/h9-12,14-15,30H,3-5,7-8,13H2,1-2H3,(H2,25,26,27,31). The van der Waals surface area contributed by atoms with Crippen molar-refractivity contribution in [2.45, 2.75) is 38.2 Å². The second kappa shape index (κ2) is 11.7. The van der Waals surface area contributed by atoms with Crippen molar-refractivity contribution in [3.63, 3.8) is 0 Å². The minimum absolute atomic E-state index is 0.0117. The summed E-state index contributed by atoms with van der Waals surface area (Å²) in [6, 6.07) is 6.31. The number of ether oxygens (including phenoxy) is 3. The van der Waals surface area contributed by atoms with Crippen molar-refractivity contribution in [3.05, 3.63) is 29.5 Å². The fourth-order valence-electron chi connectivity index (χ4n) is 3.81. The molecule has 2 atom stereocenters. The first-order valence-corrected chi connectivity index (χ1v) is 11.0. The van der Waals surface area contributed by atoms with Gasteiger partial charge in [-0.15, -0.1) is 0 Å². The number of rotatable bonds is 10. The van der Waals surface area contributed by atoms with E-state index in [1.165, 1.54) is 24.1 Å².